The van der Waals surface area contributed by atoms with Crippen LogP contribution in [0.4, 0.5) is 0 Å². The molecule has 0 spiro atoms. The number of aromatic amines is 1. The average molecular weight is 277 g/mol. The normalized spacial score (nSPS) is 20.3. The molecular formula is C15H17ClN2O. The molecule has 0 radical (unpaired) electrons. The molecule has 19 heavy (non-hydrogen) atoms. The highest BCUT2D eigenvalue weighted by Crippen LogP contribution is 2.33. The van der Waals surface area contributed by atoms with Crippen LogP contribution in [-0.4, -0.2) is 30.0 Å². The van der Waals surface area contributed by atoms with Gasteiger partial charge in [0.2, 0.25) is 0 Å². The van der Waals surface area contributed by atoms with Crippen molar-refractivity contribution in [2.45, 2.75) is 19.3 Å². The van der Waals surface area contributed by atoms with Crippen molar-refractivity contribution in [1.29, 1.82) is 0 Å². The molecule has 1 fully saturated rings. The monoisotopic (exact) mass is 276 g/mol. The van der Waals surface area contributed by atoms with Gasteiger partial charge in [-0.05, 0) is 50.0 Å². The number of halogens is 1. The van der Waals surface area contributed by atoms with E-state index in [2.05, 4.69) is 16.9 Å². The number of benzene rings is 1. The summed E-state index contributed by atoms with van der Waals surface area (Å²) in [5, 5.41) is 2.35. The molecule has 3 rings (SSSR count). The van der Waals surface area contributed by atoms with Gasteiger partial charge in [-0.15, -0.1) is 0 Å². The Morgan fingerprint density at radius 2 is 2.16 bits per heavy atom. The summed E-state index contributed by atoms with van der Waals surface area (Å²) in [6, 6.07) is 5.61. The molecule has 1 atom stereocenters. The molecule has 0 bridgehead atoms. The number of nitrogens with zero attached hydrogens (tertiary/aromatic N) is 1. The van der Waals surface area contributed by atoms with Gasteiger partial charge in [-0.2, -0.15) is 0 Å². The van der Waals surface area contributed by atoms with E-state index in [1.54, 1.807) is 6.07 Å². The van der Waals surface area contributed by atoms with E-state index >= 15 is 0 Å². The third kappa shape index (κ3) is 2.17. The maximum Gasteiger partial charge on any atom is 0.256 e. The van der Waals surface area contributed by atoms with Crippen molar-refractivity contribution in [2.75, 3.05) is 20.1 Å². The fourth-order valence-corrected chi connectivity index (χ4v) is 3.32. The van der Waals surface area contributed by atoms with Crippen molar-refractivity contribution in [2.24, 2.45) is 0 Å². The number of likely N-dealkylation sites (tertiary alicyclic amines) is 1. The summed E-state index contributed by atoms with van der Waals surface area (Å²) >= 11 is 6.00. The van der Waals surface area contributed by atoms with Gasteiger partial charge in [0.1, 0.15) is 0 Å². The number of hydrogen-bond donors (Lipinski definition) is 1. The zero-order valence-electron chi connectivity index (χ0n) is 11.2. The first-order chi connectivity index (χ1) is 9.06. The zero-order valence-corrected chi connectivity index (χ0v) is 11.9. The Balaban J connectivity index is 2.26. The smallest absolute Gasteiger partial charge is 0.256 e. The molecule has 2 aromatic rings. The minimum absolute atomic E-state index is 0.0508. The van der Waals surface area contributed by atoms with Crippen LogP contribution < -0.4 is 5.56 Å². The van der Waals surface area contributed by atoms with Crippen molar-refractivity contribution < 1.29 is 0 Å². The lowest BCUT2D eigenvalue weighted by molar-refractivity contribution is 0.411. The lowest BCUT2D eigenvalue weighted by Crippen LogP contribution is -2.16. The minimum Gasteiger partial charge on any atom is -0.326 e. The Labute approximate surface area is 117 Å². The first-order valence-corrected chi connectivity index (χ1v) is 6.94. The van der Waals surface area contributed by atoms with Crippen molar-refractivity contribution in [3.8, 4) is 0 Å². The molecule has 2 heterocycles. The first kappa shape index (κ1) is 12.7. The van der Waals surface area contributed by atoms with Gasteiger partial charge in [0.05, 0.1) is 0 Å². The van der Waals surface area contributed by atoms with Crippen molar-refractivity contribution in [3.63, 3.8) is 0 Å². The summed E-state index contributed by atoms with van der Waals surface area (Å²) in [4.78, 5) is 17.4. The fourth-order valence-electron chi connectivity index (χ4n) is 3.14. The van der Waals surface area contributed by atoms with Gasteiger partial charge >= 0.3 is 0 Å². The number of nitrogens with one attached hydrogen (secondary N) is 1. The van der Waals surface area contributed by atoms with Gasteiger partial charge in [0, 0.05) is 28.6 Å². The van der Waals surface area contributed by atoms with Crippen LogP contribution in [0.25, 0.3) is 10.8 Å². The molecule has 100 valence electrons. The maximum absolute atomic E-state index is 12.1. The quantitative estimate of drug-likeness (QED) is 0.869. The third-order valence-corrected chi connectivity index (χ3v) is 4.26. The second kappa shape index (κ2) is 4.66. The lowest BCUT2D eigenvalue weighted by atomic mass is 9.92. The van der Waals surface area contributed by atoms with E-state index in [0.717, 1.165) is 30.6 Å². The van der Waals surface area contributed by atoms with E-state index in [1.807, 2.05) is 19.1 Å². The van der Waals surface area contributed by atoms with Crippen LogP contribution in [-0.2, 0) is 0 Å². The molecule has 1 aromatic heterocycles. The van der Waals surface area contributed by atoms with Crippen LogP contribution in [0.15, 0.2) is 23.0 Å². The first-order valence-electron chi connectivity index (χ1n) is 6.57. The number of fused-ring (bicyclic) bond motifs is 1. The Hall–Kier alpha value is -1.32. The van der Waals surface area contributed by atoms with E-state index in [4.69, 9.17) is 11.6 Å². The number of pyridine rings is 1. The number of likely N-dealkylation sites (N-methyl/N-ethyl adjacent to an activating group) is 1. The molecule has 4 heteroatoms. The summed E-state index contributed by atoms with van der Waals surface area (Å²) in [6.45, 7) is 4.14. The van der Waals surface area contributed by atoms with Crippen LogP contribution in [0.1, 0.15) is 23.6 Å². The van der Waals surface area contributed by atoms with Crippen molar-refractivity contribution in [1.82, 2.24) is 9.88 Å². The Morgan fingerprint density at radius 3 is 2.84 bits per heavy atom. The fraction of sp³-hybridized carbons (Fsp3) is 0.400. The van der Waals surface area contributed by atoms with Gasteiger partial charge in [0.15, 0.2) is 0 Å². The van der Waals surface area contributed by atoms with Crippen LogP contribution in [0, 0.1) is 6.92 Å². The predicted octanol–water partition coefficient (Wildman–Crippen LogP) is 2.91. The summed E-state index contributed by atoms with van der Waals surface area (Å²) in [6.07, 6.45) is 1.14. The molecule has 1 aliphatic heterocycles. The summed E-state index contributed by atoms with van der Waals surface area (Å²) in [5.74, 6) is 0.491. The molecule has 1 saturated heterocycles. The lowest BCUT2D eigenvalue weighted by Gasteiger charge is -2.16. The molecule has 1 N–H and O–H groups in total. The Morgan fingerprint density at radius 1 is 1.37 bits per heavy atom. The summed E-state index contributed by atoms with van der Waals surface area (Å²) < 4.78 is 0. The molecule has 0 saturated carbocycles. The number of H-pyrrole nitrogens is 1. The van der Waals surface area contributed by atoms with Crippen molar-refractivity contribution >= 4 is 22.4 Å². The van der Waals surface area contributed by atoms with Gasteiger partial charge in [0.25, 0.3) is 5.56 Å². The number of rotatable bonds is 1. The van der Waals surface area contributed by atoms with Gasteiger partial charge in [-0.25, -0.2) is 0 Å². The molecule has 0 aliphatic carbocycles. The second-order valence-electron chi connectivity index (χ2n) is 5.43. The van der Waals surface area contributed by atoms with E-state index in [9.17, 15) is 4.79 Å². The Bertz CT molecular complexity index is 692. The molecule has 1 aliphatic rings. The third-order valence-electron chi connectivity index (χ3n) is 4.02. The van der Waals surface area contributed by atoms with Crippen LogP contribution in [0.3, 0.4) is 0 Å². The Kier molecular flexibility index (Phi) is 3.11. The largest absolute Gasteiger partial charge is 0.326 e. The number of hydrogen-bond acceptors (Lipinski definition) is 2. The highest BCUT2D eigenvalue weighted by atomic mass is 35.5. The number of aromatic nitrogens is 1. The van der Waals surface area contributed by atoms with Crippen LogP contribution in [0.5, 0.6) is 0 Å². The standard InChI is InChI=1S/C15H17ClN2O/c1-9-14(10-5-6-18(2)8-10)12-4-3-11(16)7-13(12)15(19)17-9/h3-4,7,10H,5-6,8H2,1-2H3,(H,17,19). The van der Waals surface area contributed by atoms with Gasteiger partial charge < -0.3 is 9.88 Å². The molecule has 3 nitrogen and oxygen atoms in total. The summed E-state index contributed by atoms with van der Waals surface area (Å²) in [5.41, 5.74) is 2.21. The highest BCUT2D eigenvalue weighted by Gasteiger charge is 2.25. The topological polar surface area (TPSA) is 36.1 Å². The molecule has 1 aromatic carbocycles. The molecule has 1 unspecified atom stereocenters. The summed E-state index contributed by atoms with van der Waals surface area (Å²) in [7, 11) is 2.14. The minimum atomic E-state index is -0.0508. The maximum atomic E-state index is 12.1. The SMILES string of the molecule is Cc1[nH]c(=O)c2cc(Cl)ccc2c1C1CCN(C)C1. The zero-order chi connectivity index (χ0) is 13.6. The number of aryl methyl sites for hydroxylation is 1. The van der Waals surface area contributed by atoms with E-state index in [-0.39, 0.29) is 5.56 Å². The predicted molar refractivity (Wildman–Crippen MR) is 79.2 cm³/mol. The van der Waals surface area contributed by atoms with Crippen LogP contribution in [0.2, 0.25) is 5.02 Å². The molecule has 0 amide bonds. The van der Waals surface area contributed by atoms with E-state index in [0.29, 0.717) is 16.3 Å². The van der Waals surface area contributed by atoms with Gasteiger partial charge in [-0.1, -0.05) is 17.7 Å². The van der Waals surface area contributed by atoms with E-state index < -0.39 is 0 Å². The second-order valence-corrected chi connectivity index (χ2v) is 5.87. The van der Waals surface area contributed by atoms with Crippen LogP contribution >= 0.6 is 11.6 Å². The van der Waals surface area contributed by atoms with Crippen molar-refractivity contribution in [3.05, 3.63) is 44.8 Å². The van der Waals surface area contributed by atoms with E-state index in [1.165, 1.54) is 5.56 Å². The highest BCUT2D eigenvalue weighted by molar-refractivity contribution is 6.31. The molecular weight excluding hydrogens is 260 g/mol. The van der Waals surface area contributed by atoms with Gasteiger partial charge in [-0.3, -0.25) is 4.79 Å². The average Bonchev–Trinajstić information content (AvgIpc) is 2.77.